The lowest BCUT2D eigenvalue weighted by molar-refractivity contribution is -0.00213. The molecule has 0 aliphatic rings. The first-order chi connectivity index (χ1) is 8.24. The summed E-state index contributed by atoms with van der Waals surface area (Å²) in [6.45, 7) is -0.0132. The summed E-state index contributed by atoms with van der Waals surface area (Å²) in [5.41, 5.74) is 0.409. The van der Waals surface area contributed by atoms with Crippen LogP contribution in [0, 0.1) is 0 Å². The molecule has 17 heavy (non-hydrogen) atoms. The molecule has 92 valence electrons. The van der Waals surface area contributed by atoms with Gasteiger partial charge in [0.1, 0.15) is 0 Å². The lowest BCUT2D eigenvalue weighted by Gasteiger charge is -2.06. The topological polar surface area (TPSA) is 64.6 Å². The zero-order chi connectivity index (χ0) is 12.5. The molecule has 1 aromatic carbocycles. The monoisotopic (exact) mass is 255 g/mol. The van der Waals surface area contributed by atoms with E-state index in [9.17, 15) is 9.59 Å². The van der Waals surface area contributed by atoms with Crippen LogP contribution < -0.4 is 5.32 Å². The number of amides is 1. The fourth-order valence-electron chi connectivity index (χ4n) is 1.00. The van der Waals surface area contributed by atoms with Crippen molar-refractivity contribution in [1.29, 1.82) is 0 Å². The van der Waals surface area contributed by atoms with Gasteiger partial charge in [0, 0.05) is 12.3 Å². The molecule has 6 heteroatoms. The summed E-state index contributed by atoms with van der Waals surface area (Å²) in [5, 5.41) is 2.42. The van der Waals surface area contributed by atoms with E-state index >= 15 is 0 Å². The second-order valence-electron chi connectivity index (χ2n) is 3.00. The number of benzene rings is 1. The minimum Gasteiger partial charge on any atom is -0.424 e. The van der Waals surface area contributed by atoms with E-state index < -0.39 is 18.9 Å². The number of alkyl carbamates (subject to hydrolysis) is 1. The number of hydrogen-bond acceptors (Lipinski definition) is 5. The Hall–Kier alpha value is -1.69. The van der Waals surface area contributed by atoms with Gasteiger partial charge in [-0.15, -0.1) is 0 Å². The third-order valence-electron chi connectivity index (χ3n) is 1.77. The molecule has 0 fully saturated rings. The van der Waals surface area contributed by atoms with Crippen LogP contribution >= 0.6 is 12.6 Å². The van der Waals surface area contributed by atoms with Crippen LogP contribution in [0.5, 0.6) is 0 Å². The Kier molecular flexibility index (Phi) is 5.95. The Balaban J connectivity index is 2.23. The van der Waals surface area contributed by atoms with Gasteiger partial charge in [-0.2, -0.15) is 12.6 Å². The number of rotatable bonds is 5. The lowest BCUT2D eigenvalue weighted by atomic mass is 10.2. The summed E-state index contributed by atoms with van der Waals surface area (Å²) in [5.74, 6) is -0.0218. The maximum Gasteiger partial charge on any atom is 0.410 e. The maximum atomic E-state index is 11.4. The molecular weight excluding hydrogens is 242 g/mol. The molecular formula is C11H13NO4S. The van der Waals surface area contributed by atoms with Crippen LogP contribution in [0.4, 0.5) is 4.79 Å². The fraction of sp³-hybridized carbons (Fsp3) is 0.273. The smallest absolute Gasteiger partial charge is 0.410 e. The third kappa shape index (κ3) is 5.26. The molecule has 0 aliphatic carbocycles. The summed E-state index contributed by atoms with van der Waals surface area (Å²) < 4.78 is 9.35. The van der Waals surface area contributed by atoms with Gasteiger partial charge in [-0.1, -0.05) is 18.2 Å². The Labute approximate surface area is 105 Å². The molecule has 0 saturated carbocycles. The first-order valence-electron chi connectivity index (χ1n) is 4.97. The van der Waals surface area contributed by atoms with Crippen molar-refractivity contribution >= 4 is 24.7 Å². The lowest BCUT2D eigenvalue weighted by Crippen LogP contribution is -2.27. The summed E-state index contributed by atoms with van der Waals surface area (Å²) in [6.07, 6.45) is -0.639. The van der Waals surface area contributed by atoms with E-state index in [2.05, 4.69) is 22.7 Å². The van der Waals surface area contributed by atoms with E-state index in [1.165, 1.54) is 0 Å². The van der Waals surface area contributed by atoms with E-state index in [0.29, 0.717) is 17.9 Å². The highest BCUT2D eigenvalue weighted by Gasteiger charge is 2.07. The number of thiol groups is 1. The molecule has 0 aliphatic heterocycles. The second-order valence-corrected chi connectivity index (χ2v) is 3.45. The summed E-state index contributed by atoms with van der Waals surface area (Å²) in [6, 6.07) is 8.46. The predicted molar refractivity (Wildman–Crippen MR) is 65.1 cm³/mol. The average Bonchev–Trinajstić information content (AvgIpc) is 2.37. The number of carbonyl (C=O) groups excluding carboxylic acids is 2. The van der Waals surface area contributed by atoms with Crippen molar-refractivity contribution in [3.8, 4) is 0 Å². The molecule has 5 nitrogen and oxygen atoms in total. The van der Waals surface area contributed by atoms with Gasteiger partial charge in [0.2, 0.25) is 6.79 Å². The zero-order valence-electron chi connectivity index (χ0n) is 9.09. The normalized spacial score (nSPS) is 9.47. The minimum atomic E-state index is -0.639. The van der Waals surface area contributed by atoms with Crippen molar-refractivity contribution in [2.45, 2.75) is 0 Å². The third-order valence-corrected chi connectivity index (χ3v) is 1.99. The molecule has 0 bridgehead atoms. The van der Waals surface area contributed by atoms with Gasteiger partial charge in [-0.25, -0.2) is 9.59 Å². The Bertz CT molecular complexity index is 369. The zero-order valence-corrected chi connectivity index (χ0v) is 9.98. The molecule has 1 rings (SSSR count). The summed E-state index contributed by atoms with van der Waals surface area (Å²) in [7, 11) is 0. The Morgan fingerprint density at radius 3 is 2.53 bits per heavy atom. The highest BCUT2D eigenvalue weighted by molar-refractivity contribution is 7.80. The molecule has 1 N–H and O–H groups in total. The van der Waals surface area contributed by atoms with Crippen LogP contribution in [-0.2, 0) is 9.47 Å². The van der Waals surface area contributed by atoms with Gasteiger partial charge in [0.05, 0.1) is 5.56 Å². The van der Waals surface area contributed by atoms with Crippen LogP contribution in [-0.4, -0.2) is 31.2 Å². The SMILES string of the molecule is O=C(NCCS)OCOC(=O)c1ccccc1. The molecule has 1 amide bonds. The number of hydrogen-bond donors (Lipinski definition) is 2. The van der Waals surface area contributed by atoms with Crippen molar-refractivity contribution in [1.82, 2.24) is 5.32 Å². The van der Waals surface area contributed by atoms with Crippen LogP contribution in [0.2, 0.25) is 0 Å². The Morgan fingerprint density at radius 1 is 1.18 bits per heavy atom. The first kappa shape index (κ1) is 13.4. The van der Waals surface area contributed by atoms with Crippen molar-refractivity contribution < 1.29 is 19.1 Å². The van der Waals surface area contributed by atoms with Gasteiger partial charge in [-0.05, 0) is 12.1 Å². The van der Waals surface area contributed by atoms with Gasteiger partial charge < -0.3 is 14.8 Å². The van der Waals surface area contributed by atoms with E-state index in [1.54, 1.807) is 30.3 Å². The van der Waals surface area contributed by atoms with Gasteiger partial charge in [0.15, 0.2) is 0 Å². The molecule has 0 unspecified atom stereocenters. The number of carbonyl (C=O) groups is 2. The average molecular weight is 255 g/mol. The van der Waals surface area contributed by atoms with Crippen molar-refractivity contribution in [3.63, 3.8) is 0 Å². The predicted octanol–water partition coefficient (Wildman–Crippen LogP) is 1.46. The van der Waals surface area contributed by atoms with E-state index in [-0.39, 0.29) is 0 Å². The molecule has 0 atom stereocenters. The Morgan fingerprint density at radius 2 is 1.88 bits per heavy atom. The van der Waals surface area contributed by atoms with Crippen molar-refractivity contribution in [2.75, 3.05) is 19.1 Å². The fourth-order valence-corrected chi connectivity index (χ4v) is 1.11. The van der Waals surface area contributed by atoms with Gasteiger partial charge in [-0.3, -0.25) is 0 Å². The van der Waals surface area contributed by atoms with Gasteiger partial charge >= 0.3 is 12.1 Å². The summed E-state index contributed by atoms with van der Waals surface area (Å²) >= 11 is 3.91. The van der Waals surface area contributed by atoms with Crippen LogP contribution in [0.15, 0.2) is 30.3 Å². The first-order valence-corrected chi connectivity index (χ1v) is 5.61. The quantitative estimate of drug-likeness (QED) is 0.475. The van der Waals surface area contributed by atoms with E-state index in [0.717, 1.165) is 0 Å². The molecule has 0 spiro atoms. The van der Waals surface area contributed by atoms with Crippen molar-refractivity contribution in [2.24, 2.45) is 0 Å². The number of esters is 1. The maximum absolute atomic E-state index is 11.4. The highest BCUT2D eigenvalue weighted by atomic mass is 32.1. The van der Waals surface area contributed by atoms with Crippen LogP contribution in [0.3, 0.4) is 0 Å². The molecule has 0 radical (unpaired) electrons. The molecule has 0 saturated heterocycles. The number of ether oxygens (including phenoxy) is 2. The van der Waals surface area contributed by atoms with Gasteiger partial charge in [0.25, 0.3) is 0 Å². The highest BCUT2D eigenvalue weighted by Crippen LogP contribution is 2.00. The second kappa shape index (κ2) is 7.56. The number of nitrogens with one attached hydrogen (secondary N) is 1. The molecule has 0 aromatic heterocycles. The van der Waals surface area contributed by atoms with Crippen LogP contribution in [0.1, 0.15) is 10.4 Å². The largest absolute Gasteiger partial charge is 0.424 e. The van der Waals surface area contributed by atoms with Crippen LogP contribution in [0.25, 0.3) is 0 Å². The van der Waals surface area contributed by atoms with Crippen molar-refractivity contribution in [3.05, 3.63) is 35.9 Å². The van der Waals surface area contributed by atoms with E-state index in [4.69, 9.17) is 4.74 Å². The minimum absolute atomic E-state index is 0.397. The molecule has 0 heterocycles. The van der Waals surface area contributed by atoms with E-state index in [1.807, 2.05) is 0 Å². The molecule has 1 aromatic rings. The summed E-state index contributed by atoms with van der Waals surface area (Å²) in [4.78, 5) is 22.4. The standard InChI is InChI=1S/C11H13NO4S/c13-10(9-4-2-1-3-5-9)15-8-16-11(14)12-6-7-17/h1-5,17H,6-8H2,(H,12,14).